The van der Waals surface area contributed by atoms with Gasteiger partial charge in [-0.1, -0.05) is 20.8 Å². The van der Waals surface area contributed by atoms with Gasteiger partial charge in [0, 0.05) is 18.4 Å². The number of fused-ring (bicyclic) bond motifs is 1. The van der Waals surface area contributed by atoms with Gasteiger partial charge in [0.15, 0.2) is 0 Å². The lowest BCUT2D eigenvalue weighted by molar-refractivity contribution is -0.149. The molecule has 2 aliphatic rings. The maximum Gasteiger partial charge on any atom is 0.139 e. The number of carbonyl (C=O) groups excluding carboxylic acids is 1. The number of ketones is 1. The molecule has 0 amide bonds. The minimum Gasteiger partial charge on any atom is -0.396 e. The minimum atomic E-state index is -0.102. The summed E-state index contributed by atoms with van der Waals surface area (Å²) >= 11 is 0. The summed E-state index contributed by atoms with van der Waals surface area (Å²) < 4.78 is 0. The highest BCUT2D eigenvalue weighted by atomic mass is 16.3. The zero-order valence-corrected chi connectivity index (χ0v) is 11.5. The molecule has 0 spiro atoms. The second-order valence-corrected chi connectivity index (χ2v) is 6.70. The van der Waals surface area contributed by atoms with E-state index in [1.807, 2.05) is 0 Å². The summed E-state index contributed by atoms with van der Waals surface area (Å²) in [6.07, 6.45) is 6.03. The quantitative estimate of drug-likeness (QED) is 0.802. The molecule has 0 radical (unpaired) electrons. The van der Waals surface area contributed by atoms with E-state index in [0.717, 1.165) is 32.1 Å². The summed E-state index contributed by atoms with van der Waals surface area (Å²) in [7, 11) is 0. The Balaban J connectivity index is 2.34. The molecular weight excluding hydrogens is 212 g/mol. The summed E-state index contributed by atoms with van der Waals surface area (Å²) in [6.45, 7) is 7.03. The summed E-state index contributed by atoms with van der Waals surface area (Å²) in [5.74, 6) is 1.58. The van der Waals surface area contributed by atoms with Gasteiger partial charge in [-0.05, 0) is 49.4 Å². The molecule has 0 saturated heterocycles. The zero-order chi connectivity index (χ0) is 12.7. The molecule has 98 valence electrons. The lowest BCUT2D eigenvalue weighted by atomic mass is 9.47. The van der Waals surface area contributed by atoms with Crippen LogP contribution in [0.15, 0.2) is 0 Å². The van der Waals surface area contributed by atoms with Crippen LogP contribution >= 0.6 is 0 Å². The van der Waals surface area contributed by atoms with Gasteiger partial charge in [0.05, 0.1) is 0 Å². The number of hydrogen-bond acceptors (Lipinski definition) is 2. The highest BCUT2D eigenvalue weighted by molar-refractivity contribution is 5.85. The fourth-order valence-electron chi connectivity index (χ4n) is 4.49. The van der Waals surface area contributed by atoms with E-state index in [1.165, 1.54) is 6.42 Å². The molecule has 2 nitrogen and oxygen atoms in total. The van der Waals surface area contributed by atoms with E-state index in [-0.39, 0.29) is 17.4 Å². The van der Waals surface area contributed by atoms with Gasteiger partial charge in [-0.15, -0.1) is 0 Å². The molecule has 2 saturated carbocycles. The van der Waals surface area contributed by atoms with Crippen LogP contribution in [0.25, 0.3) is 0 Å². The van der Waals surface area contributed by atoms with Crippen LogP contribution in [0.5, 0.6) is 0 Å². The monoisotopic (exact) mass is 238 g/mol. The first kappa shape index (κ1) is 13.1. The number of Topliss-reactive ketones (excluding diaryl/α,β-unsaturated/α-hetero) is 1. The number of rotatable bonds is 2. The molecule has 0 aromatic heterocycles. The fraction of sp³-hybridized carbons (Fsp3) is 0.933. The van der Waals surface area contributed by atoms with E-state index in [1.54, 1.807) is 0 Å². The maximum absolute atomic E-state index is 12.3. The second-order valence-electron chi connectivity index (χ2n) is 6.70. The predicted octanol–water partition coefficient (Wildman–Crippen LogP) is 3.18. The molecule has 2 aliphatic carbocycles. The van der Waals surface area contributed by atoms with Gasteiger partial charge in [-0.3, -0.25) is 4.79 Å². The SMILES string of the molecule is C[C@@H]1CC[C@@]2(C)C(=O)CCC[C@@H]2[C@@]1(C)CCO. The first-order valence-corrected chi connectivity index (χ1v) is 7.09. The van der Waals surface area contributed by atoms with Crippen LogP contribution in [-0.4, -0.2) is 17.5 Å². The average Bonchev–Trinajstić information content (AvgIpc) is 2.28. The third kappa shape index (κ3) is 1.85. The average molecular weight is 238 g/mol. The van der Waals surface area contributed by atoms with Crippen molar-refractivity contribution in [1.82, 2.24) is 0 Å². The molecule has 2 fully saturated rings. The molecule has 2 rings (SSSR count). The molecule has 0 aromatic rings. The van der Waals surface area contributed by atoms with Crippen molar-refractivity contribution in [2.75, 3.05) is 6.61 Å². The summed E-state index contributed by atoms with van der Waals surface area (Å²) in [5.41, 5.74) is 0.0481. The first-order chi connectivity index (χ1) is 7.95. The van der Waals surface area contributed by atoms with E-state index in [2.05, 4.69) is 20.8 Å². The molecule has 0 bridgehead atoms. The molecular formula is C15H26O2. The standard InChI is InChI=1S/C15H26O2/c1-11-7-8-15(3)12(5-4-6-13(15)17)14(11,2)9-10-16/h11-12,16H,4-10H2,1-3H3/t11-,12-,14+,15-/m1/s1. The van der Waals surface area contributed by atoms with E-state index in [4.69, 9.17) is 0 Å². The third-order valence-corrected chi connectivity index (χ3v) is 5.97. The zero-order valence-electron chi connectivity index (χ0n) is 11.5. The normalized spacial score (nSPS) is 46.7. The first-order valence-electron chi connectivity index (χ1n) is 7.09. The largest absolute Gasteiger partial charge is 0.396 e. The van der Waals surface area contributed by atoms with Gasteiger partial charge in [-0.25, -0.2) is 0 Å². The van der Waals surface area contributed by atoms with Crippen LogP contribution < -0.4 is 0 Å². The molecule has 1 N–H and O–H groups in total. The number of aliphatic hydroxyl groups excluding tert-OH is 1. The highest BCUT2D eigenvalue weighted by Crippen LogP contribution is 2.59. The van der Waals surface area contributed by atoms with E-state index >= 15 is 0 Å². The Morgan fingerprint density at radius 2 is 2.06 bits per heavy atom. The third-order valence-electron chi connectivity index (χ3n) is 5.97. The van der Waals surface area contributed by atoms with Crippen LogP contribution in [-0.2, 0) is 4.79 Å². The summed E-state index contributed by atoms with van der Waals surface area (Å²) in [4.78, 5) is 12.3. The smallest absolute Gasteiger partial charge is 0.139 e. The Labute approximate surface area is 105 Å². The second kappa shape index (κ2) is 4.38. The van der Waals surface area contributed by atoms with Crippen molar-refractivity contribution in [2.24, 2.45) is 22.7 Å². The minimum absolute atomic E-state index is 0.102. The van der Waals surface area contributed by atoms with Gasteiger partial charge >= 0.3 is 0 Å². The molecule has 0 heterocycles. The van der Waals surface area contributed by atoms with Crippen LogP contribution in [0.3, 0.4) is 0 Å². The van der Waals surface area contributed by atoms with Gasteiger partial charge < -0.3 is 5.11 Å². The van der Waals surface area contributed by atoms with Gasteiger partial charge in [0.25, 0.3) is 0 Å². The Kier molecular flexibility index (Phi) is 3.37. The van der Waals surface area contributed by atoms with Crippen molar-refractivity contribution in [3.63, 3.8) is 0 Å². The molecule has 17 heavy (non-hydrogen) atoms. The van der Waals surface area contributed by atoms with E-state index in [9.17, 15) is 9.90 Å². The number of hydrogen-bond donors (Lipinski definition) is 1. The Morgan fingerprint density at radius 1 is 1.35 bits per heavy atom. The molecule has 2 heteroatoms. The lowest BCUT2D eigenvalue weighted by Crippen LogP contribution is -2.53. The molecule has 0 unspecified atom stereocenters. The van der Waals surface area contributed by atoms with Crippen molar-refractivity contribution >= 4 is 5.78 Å². The number of carbonyl (C=O) groups is 1. The summed E-state index contributed by atoms with van der Waals surface area (Å²) in [5, 5.41) is 9.36. The maximum atomic E-state index is 12.3. The van der Waals surface area contributed by atoms with Crippen molar-refractivity contribution in [3.05, 3.63) is 0 Å². The van der Waals surface area contributed by atoms with Crippen LogP contribution in [0.4, 0.5) is 0 Å². The topological polar surface area (TPSA) is 37.3 Å². The van der Waals surface area contributed by atoms with Gasteiger partial charge in [0.2, 0.25) is 0 Å². The molecule has 0 aromatic carbocycles. The van der Waals surface area contributed by atoms with Crippen molar-refractivity contribution in [2.45, 2.75) is 59.3 Å². The van der Waals surface area contributed by atoms with Gasteiger partial charge in [-0.2, -0.15) is 0 Å². The predicted molar refractivity (Wildman–Crippen MR) is 68.7 cm³/mol. The Bertz CT molecular complexity index is 312. The molecule has 4 atom stereocenters. The highest BCUT2D eigenvalue weighted by Gasteiger charge is 2.55. The van der Waals surface area contributed by atoms with Crippen LogP contribution in [0, 0.1) is 22.7 Å². The van der Waals surface area contributed by atoms with Gasteiger partial charge in [0.1, 0.15) is 5.78 Å². The Hall–Kier alpha value is -0.370. The van der Waals surface area contributed by atoms with E-state index < -0.39 is 0 Å². The van der Waals surface area contributed by atoms with E-state index in [0.29, 0.717) is 17.6 Å². The summed E-state index contributed by atoms with van der Waals surface area (Å²) in [6, 6.07) is 0. The molecule has 0 aliphatic heterocycles. The lowest BCUT2D eigenvalue weighted by Gasteiger charge is -2.56. The van der Waals surface area contributed by atoms with Crippen LogP contribution in [0.2, 0.25) is 0 Å². The van der Waals surface area contributed by atoms with Crippen molar-refractivity contribution in [1.29, 1.82) is 0 Å². The van der Waals surface area contributed by atoms with Crippen molar-refractivity contribution in [3.8, 4) is 0 Å². The van der Waals surface area contributed by atoms with Crippen molar-refractivity contribution < 1.29 is 9.90 Å². The fourth-order valence-corrected chi connectivity index (χ4v) is 4.49. The van der Waals surface area contributed by atoms with Crippen LogP contribution in [0.1, 0.15) is 59.3 Å². The number of aliphatic hydroxyl groups is 1. The Morgan fingerprint density at radius 3 is 2.71 bits per heavy atom.